The van der Waals surface area contributed by atoms with Gasteiger partial charge in [-0.2, -0.15) is 0 Å². The van der Waals surface area contributed by atoms with E-state index in [1.807, 2.05) is 30.3 Å². The van der Waals surface area contributed by atoms with E-state index in [2.05, 4.69) is 16.0 Å². The summed E-state index contributed by atoms with van der Waals surface area (Å²) in [5.41, 5.74) is 1.42. The zero-order valence-corrected chi connectivity index (χ0v) is 16.6. The first-order valence-electron chi connectivity index (χ1n) is 8.63. The van der Waals surface area contributed by atoms with Gasteiger partial charge in [-0.25, -0.2) is 17.5 Å². The van der Waals surface area contributed by atoms with Gasteiger partial charge in [0.2, 0.25) is 15.9 Å². The highest BCUT2D eigenvalue weighted by Gasteiger charge is 2.20. The molecule has 0 saturated heterocycles. The van der Waals surface area contributed by atoms with Crippen molar-refractivity contribution in [2.24, 2.45) is 0 Å². The van der Waals surface area contributed by atoms with E-state index in [9.17, 15) is 18.0 Å². The Balaban J connectivity index is 1.82. The van der Waals surface area contributed by atoms with Crippen LogP contribution in [-0.2, 0) is 27.9 Å². The van der Waals surface area contributed by atoms with Crippen LogP contribution in [0.5, 0.6) is 0 Å². The first-order chi connectivity index (χ1) is 13.3. The molecule has 0 aliphatic carbocycles. The van der Waals surface area contributed by atoms with Gasteiger partial charge in [0.25, 0.3) is 0 Å². The van der Waals surface area contributed by atoms with Crippen LogP contribution in [-0.4, -0.2) is 45.3 Å². The molecule has 0 unspecified atom stereocenters. The molecule has 150 valence electrons. The third-order valence-corrected chi connectivity index (χ3v) is 5.83. The maximum absolute atomic E-state index is 12.3. The molecular weight excluding hydrogens is 380 g/mol. The fourth-order valence-electron chi connectivity index (χ4n) is 2.36. The average Bonchev–Trinajstić information content (AvgIpc) is 2.70. The molecule has 0 heterocycles. The van der Waals surface area contributed by atoms with Gasteiger partial charge < -0.3 is 16.0 Å². The maximum Gasteiger partial charge on any atom is 0.315 e. The summed E-state index contributed by atoms with van der Waals surface area (Å²) in [6, 6.07) is 15.4. The molecule has 28 heavy (non-hydrogen) atoms. The number of amides is 3. The van der Waals surface area contributed by atoms with Gasteiger partial charge in [0, 0.05) is 27.2 Å². The predicted molar refractivity (Wildman–Crippen MR) is 106 cm³/mol. The minimum atomic E-state index is -3.61. The fourth-order valence-corrected chi connectivity index (χ4v) is 3.47. The Labute approximate surface area is 165 Å². The predicted octanol–water partition coefficient (Wildman–Crippen LogP) is 1.05. The molecule has 0 bridgehead atoms. The summed E-state index contributed by atoms with van der Waals surface area (Å²) < 4.78 is 25.8. The number of sulfonamides is 1. The van der Waals surface area contributed by atoms with Crippen molar-refractivity contribution in [1.29, 1.82) is 0 Å². The van der Waals surface area contributed by atoms with E-state index in [0.717, 1.165) is 9.87 Å². The summed E-state index contributed by atoms with van der Waals surface area (Å²) in [5, 5.41) is 7.73. The van der Waals surface area contributed by atoms with Crippen molar-refractivity contribution in [2.45, 2.75) is 18.0 Å². The molecule has 0 radical (unpaired) electrons. The van der Waals surface area contributed by atoms with Gasteiger partial charge in [-0.05, 0) is 17.2 Å². The lowest BCUT2D eigenvalue weighted by Crippen LogP contribution is -2.41. The first-order valence-corrected chi connectivity index (χ1v) is 10.1. The standard InChI is InChI=1S/C19H24N4O4S/c1-23(2)28(26,27)17-11-7-6-10-16(17)13-20-18(24)14-22-19(25)21-12-15-8-4-3-5-9-15/h3-11H,12-14H2,1-2H3,(H,20,24)(H2,21,22,25). The van der Waals surface area contributed by atoms with Crippen molar-refractivity contribution < 1.29 is 18.0 Å². The topological polar surface area (TPSA) is 108 Å². The number of benzene rings is 2. The van der Waals surface area contributed by atoms with Crippen LogP contribution in [0.25, 0.3) is 0 Å². The van der Waals surface area contributed by atoms with E-state index in [1.54, 1.807) is 18.2 Å². The Bertz CT molecular complexity index is 915. The van der Waals surface area contributed by atoms with Crippen LogP contribution in [0.3, 0.4) is 0 Å². The molecule has 0 fully saturated rings. The Morgan fingerprint density at radius 3 is 2.18 bits per heavy atom. The van der Waals surface area contributed by atoms with Crippen LogP contribution in [0.4, 0.5) is 4.79 Å². The molecule has 0 atom stereocenters. The Morgan fingerprint density at radius 1 is 0.857 bits per heavy atom. The molecule has 3 amide bonds. The van der Waals surface area contributed by atoms with Gasteiger partial charge in [0.05, 0.1) is 11.4 Å². The van der Waals surface area contributed by atoms with Gasteiger partial charge in [0.1, 0.15) is 0 Å². The Kier molecular flexibility index (Phi) is 7.53. The number of hydrogen-bond donors (Lipinski definition) is 3. The van der Waals surface area contributed by atoms with E-state index in [1.165, 1.54) is 20.2 Å². The second kappa shape index (κ2) is 9.86. The second-order valence-corrected chi connectivity index (χ2v) is 8.31. The smallest absolute Gasteiger partial charge is 0.315 e. The third-order valence-electron chi connectivity index (χ3n) is 3.91. The average molecular weight is 404 g/mol. The molecule has 0 aliphatic heterocycles. The van der Waals surface area contributed by atoms with Gasteiger partial charge in [-0.1, -0.05) is 48.5 Å². The molecule has 0 aromatic heterocycles. The number of nitrogens with zero attached hydrogens (tertiary/aromatic N) is 1. The second-order valence-electron chi connectivity index (χ2n) is 6.19. The number of carbonyl (C=O) groups is 2. The fraction of sp³-hybridized carbons (Fsp3) is 0.263. The van der Waals surface area contributed by atoms with Crippen LogP contribution < -0.4 is 16.0 Å². The minimum absolute atomic E-state index is 0.0371. The van der Waals surface area contributed by atoms with E-state index >= 15 is 0 Å². The quantitative estimate of drug-likeness (QED) is 0.611. The highest BCUT2D eigenvalue weighted by Crippen LogP contribution is 2.18. The van der Waals surface area contributed by atoms with Gasteiger partial charge in [-0.3, -0.25) is 4.79 Å². The summed E-state index contributed by atoms with van der Waals surface area (Å²) in [7, 11) is -0.718. The van der Waals surface area contributed by atoms with E-state index in [4.69, 9.17) is 0 Å². The van der Waals surface area contributed by atoms with E-state index < -0.39 is 22.0 Å². The number of nitrogens with one attached hydrogen (secondary N) is 3. The number of urea groups is 1. The summed E-state index contributed by atoms with van der Waals surface area (Å²) in [6.45, 7) is 0.169. The molecule has 2 aromatic rings. The first kappa shape index (κ1) is 21.4. The largest absolute Gasteiger partial charge is 0.350 e. The number of rotatable bonds is 8. The van der Waals surface area contributed by atoms with E-state index in [0.29, 0.717) is 12.1 Å². The molecule has 0 spiro atoms. The number of hydrogen-bond acceptors (Lipinski definition) is 4. The monoisotopic (exact) mass is 404 g/mol. The summed E-state index contributed by atoms with van der Waals surface area (Å²) in [5.74, 6) is -0.424. The Morgan fingerprint density at radius 2 is 1.50 bits per heavy atom. The lowest BCUT2D eigenvalue weighted by Gasteiger charge is -2.15. The van der Waals surface area contributed by atoms with Crippen LogP contribution in [0.15, 0.2) is 59.5 Å². The van der Waals surface area contributed by atoms with Gasteiger partial charge >= 0.3 is 6.03 Å². The molecule has 0 aliphatic rings. The van der Waals surface area contributed by atoms with Crippen molar-refractivity contribution in [2.75, 3.05) is 20.6 Å². The lowest BCUT2D eigenvalue weighted by molar-refractivity contribution is -0.120. The zero-order chi connectivity index (χ0) is 20.6. The number of carbonyl (C=O) groups excluding carboxylic acids is 2. The molecular formula is C19H24N4O4S. The summed E-state index contributed by atoms with van der Waals surface area (Å²) in [6.07, 6.45) is 0. The van der Waals surface area contributed by atoms with Crippen LogP contribution >= 0.6 is 0 Å². The third kappa shape index (κ3) is 6.07. The molecule has 8 nitrogen and oxygen atoms in total. The van der Waals surface area contributed by atoms with Crippen LogP contribution in [0.1, 0.15) is 11.1 Å². The van der Waals surface area contributed by atoms with Crippen molar-refractivity contribution in [3.63, 3.8) is 0 Å². The highest BCUT2D eigenvalue weighted by molar-refractivity contribution is 7.89. The van der Waals surface area contributed by atoms with Gasteiger partial charge in [-0.15, -0.1) is 0 Å². The highest BCUT2D eigenvalue weighted by atomic mass is 32.2. The summed E-state index contributed by atoms with van der Waals surface area (Å²) in [4.78, 5) is 23.9. The SMILES string of the molecule is CN(C)S(=O)(=O)c1ccccc1CNC(=O)CNC(=O)NCc1ccccc1. The maximum atomic E-state index is 12.3. The molecule has 2 rings (SSSR count). The normalized spacial score (nSPS) is 11.1. The van der Waals surface area contributed by atoms with Crippen molar-refractivity contribution >= 4 is 22.0 Å². The molecule has 2 aromatic carbocycles. The van der Waals surface area contributed by atoms with Crippen molar-refractivity contribution in [1.82, 2.24) is 20.3 Å². The lowest BCUT2D eigenvalue weighted by atomic mass is 10.2. The molecule has 3 N–H and O–H groups in total. The molecule has 9 heteroatoms. The van der Waals surface area contributed by atoms with Crippen LogP contribution in [0.2, 0.25) is 0 Å². The minimum Gasteiger partial charge on any atom is -0.350 e. The van der Waals surface area contributed by atoms with Gasteiger partial charge in [0.15, 0.2) is 0 Å². The molecule has 0 saturated carbocycles. The Hall–Kier alpha value is -2.91. The van der Waals surface area contributed by atoms with Crippen LogP contribution in [0, 0.1) is 0 Å². The zero-order valence-electron chi connectivity index (χ0n) is 15.8. The summed E-state index contributed by atoms with van der Waals surface area (Å²) >= 11 is 0. The van der Waals surface area contributed by atoms with Crippen molar-refractivity contribution in [3.8, 4) is 0 Å². The van der Waals surface area contributed by atoms with E-state index in [-0.39, 0.29) is 18.0 Å². The van der Waals surface area contributed by atoms with Crippen molar-refractivity contribution in [3.05, 3.63) is 65.7 Å².